The van der Waals surface area contributed by atoms with Crippen LogP contribution in [0.5, 0.6) is 0 Å². The van der Waals surface area contributed by atoms with E-state index >= 15 is 0 Å². The first-order valence-electron chi connectivity index (χ1n) is 9.43. The van der Waals surface area contributed by atoms with Gasteiger partial charge in [-0.15, -0.1) is 0 Å². The zero-order valence-corrected chi connectivity index (χ0v) is 15.8. The fourth-order valence-corrected chi connectivity index (χ4v) is 7.70. The summed E-state index contributed by atoms with van der Waals surface area (Å²) in [6.07, 6.45) is 15.3. The second-order valence-electron chi connectivity index (χ2n) is 8.98. The Hall–Kier alpha value is 0.470. The molecule has 1 heteroatoms. The van der Waals surface area contributed by atoms with E-state index in [1.165, 1.54) is 35.7 Å². The number of hydrogen-bond donors (Lipinski definition) is 0. The highest BCUT2D eigenvalue weighted by molar-refractivity contribution is 14.1. The third-order valence-electron chi connectivity index (χ3n) is 8.18. The summed E-state index contributed by atoms with van der Waals surface area (Å²) in [6, 6.07) is 0. The number of allylic oxidation sites excluding steroid dienone is 1. The van der Waals surface area contributed by atoms with Gasteiger partial charge in [0.1, 0.15) is 0 Å². The Morgan fingerprint density at radius 3 is 2.57 bits per heavy atom. The van der Waals surface area contributed by atoms with Crippen LogP contribution < -0.4 is 0 Å². The number of rotatable bonds is 1. The SMILES string of the molecule is C=C(I)C1CC[C@H]2C(CC[C@@H]3[C@@H]2CC[C@]2(C)CCC[C@@H]32)C1. The van der Waals surface area contributed by atoms with E-state index in [0.29, 0.717) is 0 Å². The second-order valence-corrected chi connectivity index (χ2v) is 10.4. The number of hydrogen-bond acceptors (Lipinski definition) is 0. The minimum absolute atomic E-state index is 0.738. The molecule has 4 aliphatic carbocycles. The molecule has 0 spiro atoms. The molecule has 7 atom stereocenters. The van der Waals surface area contributed by atoms with Crippen molar-refractivity contribution in [3.8, 4) is 0 Å². The lowest BCUT2D eigenvalue weighted by Gasteiger charge is -2.55. The first-order valence-corrected chi connectivity index (χ1v) is 10.5. The van der Waals surface area contributed by atoms with Gasteiger partial charge in [0.05, 0.1) is 0 Å². The maximum absolute atomic E-state index is 4.24. The summed E-state index contributed by atoms with van der Waals surface area (Å²) < 4.78 is 1.43. The van der Waals surface area contributed by atoms with Crippen LogP contribution in [0.3, 0.4) is 0 Å². The molecule has 0 saturated heterocycles. The van der Waals surface area contributed by atoms with Crippen LogP contribution in [0.15, 0.2) is 10.2 Å². The van der Waals surface area contributed by atoms with Gasteiger partial charge in [0.15, 0.2) is 0 Å². The Balaban J connectivity index is 1.52. The molecule has 4 fully saturated rings. The minimum atomic E-state index is 0.738. The Morgan fingerprint density at radius 1 is 0.952 bits per heavy atom. The molecule has 0 bridgehead atoms. The van der Waals surface area contributed by atoms with Gasteiger partial charge in [-0.05, 0) is 125 Å². The fourth-order valence-electron chi connectivity index (χ4n) is 7.13. The summed E-state index contributed by atoms with van der Waals surface area (Å²) in [5.74, 6) is 6.26. The lowest BCUT2D eigenvalue weighted by molar-refractivity contribution is -0.0536. The molecule has 21 heavy (non-hydrogen) atoms. The smallest absolute Gasteiger partial charge is 0.0107 e. The molecule has 0 amide bonds. The highest BCUT2D eigenvalue weighted by atomic mass is 127. The largest absolute Gasteiger partial charge is 0.0894 e. The topological polar surface area (TPSA) is 0 Å². The maximum Gasteiger partial charge on any atom is -0.0107 e. The van der Waals surface area contributed by atoms with Gasteiger partial charge >= 0.3 is 0 Å². The van der Waals surface area contributed by atoms with Crippen molar-refractivity contribution in [2.24, 2.45) is 40.9 Å². The van der Waals surface area contributed by atoms with E-state index < -0.39 is 0 Å². The molecule has 0 aromatic carbocycles. The van der Waals surface area contributed by atoms with Crippen LogP contribution in [0.4, 0.5) is 0 Å². The molecule has 118 valence electrons. The molecule has 4 saturated carbocycles. The fraction of sp³-hybridized carbons (Fsp3) is 0.900. The van der Waals surface area contributed by atoms with Crippen molar-refractivity contribution >= 4 is 22.6 Å². The highest BCUT2D eigenvalue weighted by Crippen LogP contribution is 2.62. The normalized spacial score (nSPS) is 52.7. The van der Waals surface area contributed by atoms with E-state index in [1.807, 2.05) is 0 Å². The van der Waals surface area contributed by atoms with Crippen molar-refractivity contribution in [1.29, 1.82) is 0 Å². The standard InChI is InChI=1S/C20H31I/c1-13(21)14-5-7-16-15(12-14)6-8-18-17(16)9-11-20(2)10-3-4-19(18)20/h14-19H,1,3-12H2,2H3/t14?,15?,16-,17+,18+,19-,20-/m0/s1. The first kappa shape index (κ1) is 15.0. The lowest BCUT2D eigenvalue weighted by atomic mass is 9.50. The van der Waals surface area contributed by atoms with Gasteiger partial charge in [0.2, 0.25) is 0 Å². The average molecular weight is 398 g/mol. The molecular formula is C20H31I. The van der Waals surface area contributed by atoms with Crippen molar-refractivity contribution in [3.05, 3.63) is 10.2 Å². The zero-order valence-electron chi connectivity index (χ0n) is 13.6. The molecular weight excluding hydrogens is 367 g/mol. The Bertz CT molecular complexity index is 428. The molecule has 0 nitrogen and oxygen atoms in total. The lowest BCUT2D eigenvalue weighted by Crippen LogP contribution is -2.47. The monoisotopic (exact) mass is 398 g/mol. The van der Waals surface area contributed by atoms with Crippen LogP contribution in [0, 0.1) is 40.9 Å². The molecule has 0 N–H and O–H groups in total. The van der Waals surface area contributed by atoms with Crippen LogP contribution in [0.2, 0.25) is 0 Å². The molecule has 0 aliphatic heterocycles. The third kappa shape index (κ3) is 2.44. The molecule has 0 radical (unpaired) electrons. The van der Waals surface area contributed by atoms with E-state index in [0.717, 1.165) is 40.9 Å². The second kappa shape index (κ2) is 5.53. The average Bonchev–Trinajstić information content (AvgIpc) is 2.88. The Labute approximate surface area is 144 Å². The number of halogens is 1. The molecule has 0 heterocycles. The van der Waals surface area contributed by atoms with Crippen LogP contribution in [0.1, 0.15) is 71.1 Å². The van der Waals surface area contributed by atoms with E-state index in [1.54, 1.807) is 32.1 Å². The Kier molecular flexibility index (Phi) is 3.95. The van der Waals surface area contributed by atoms with Gasteiger partial charge in [-0.2, -0.15) is 0 Å². The maximum atomic E-state index is 4.24. The molecule has 0 aromatic heterocycles. The van der Waals surface area contributed by atoms with Gasteiger partial charge < -0.3 is 0 Å². The van der Waals surface area contributed by atoms with Crippen LogP contribution in [-0.2, 0) is 0 Å². The molecule has 0 aromatic rings. The van der Waals surface area contributed by atoms with Crippen molar-refractivity contribution in [1.82, 2.24) is 0 Å². The van der Waals surface area contributed by atoms with Gasteiger partial charge in [-0.3, -0.25) is 0 Å². The van der Waals surface area contributed by atoms with Gasteiger partial charge in [-0.25, -0.2) is 0 Å². The van der Waals surface area contributed by atoms with Gasteiger partial charge in [0, 0.05) is 0 Å². The summed E-state index contributed by atoms with van der Waals surface area (Å²) >= 11 is 2.49. The summed E-state index contributed by atoms with van der Waals surface area (Å²) in [5.41, 5.74) is 0.738. The number of fused-ring (bicyclic) bond motifs is 5. The molecule has 2 unspecified atom stereocenters. The molecule has 4 aliphatic rings. The van der Waals surface area contributed by atoms with Crippen molar-refractivity contribution in [3.63, 3.8) is 0 Å². The van der Waals surface area contributed by atoms with E-state index in [4.69, 9.17) is 0 Å². The summed E-state index contributed by atoms with van der Waals surface area (Å²) in [5, 5.41) is 0. The predicted molar refractivity (Wildman–Crippen MR) is 98.4 cm³/mol. The van der Waals surface area contributed by atoms with E-state index in [2.05, 4.69) is 36.1 Å². The van der Waals surface area contributed by atoms with Crippen molar-refractivity contribution in [2.45, 2.75) is 71.1 Å². The summed E-state index contributed by atoms with van der Waals surface area (Å²) in [6.45, 7) is 6.87. The summed E-state index contributed by atoms with van der Waals surface area (Å²) in [4.78, 5) is 0. The van der Waals surface area contributed by atoms with Crippen molar-refractivity contribution < 1.29 is 0 Å². The predicted octanol–water partition coefficient (Wildman–Crippen LogP) is 6.59. The van der Waals surface area contributed by atoms with Crippen LogP contribution in [-0.4, -0.2) is 0 Å². The zero-order chi connectivity index (χ0) is 14.6. The van der Waals surface area contributed by atoms with Crippen LogP contribution in [0.25, 0.3) is 0 Å². The first-order chi connectivity index (χ1) is 10.1. The third-order valence-corrected chi connectivity index (χ3v) is 9.06. The Morgan fingerprint density at radius 2 is 1.76 bits per heavy atom. The van der Waals surface area contributed by atoms with E-state index in [9.17, 15) is 0 Å². The van der Waals surface area contributed by atoms with Crippen LogP contribution >= 0.6 is 22.6 Å². The minimum Gasteiger partial charge on any atom is -0.0894 e. The quantitative estimate of drug-likeness (QED) is 0.437. The van der Waals surface area contributed by atoms with Gasteiger partial charge in [0.25, 0.3) is 0 Å². The highest BCUT2D eigenvalue weighted by Gasteiger charge is 2.53. The van der Waals surface area contributed by atoms with Crippen molar-refractivity contribution in [2.75, 3.05) is 0 Å². The summed E-state index contributed by atoms with van der Waals surface area (Å²) in [7, 11) is 0. The van der Waals surface area contributed by atoms with Gasteiger partial charge in [-0.1, -0.05) is 19.9 Å². The molecule has 4 rings (SSSR count). The van der Waals surface area contributed by atoms with E-state index in [-0.39, 0.29) is 0 Å².